The van der Waals surface area contributed by atoms with Crippen LogP contribution in [0.15, 0.2) is 4.99 Å². The van der Waals surface area contributed by atoms with Crippen molar-refractivity contribution in [2.75, 3.05) is 20.1 Å². The third-order valence-electron chi connectivity index (χ3n) is 4.04. The van der Waals surface area contributed by atoms with Crippen LogP contribution in [0.3, 0.4) is 0 Å². The second kappa shape index (κ2) is 7.98. The molecule has 126 valence electrons. The molecule has 2 rings (SSSR count). The molecule has 0 aromatic heterocycles. The molecule has 3 N–H and O–H groups in total. The number of halogens is 1. The summed E-state index contributed by atoms with van der Waals surface area (Å²) in [6.45, 7) is 4.77. The molecule has 0 aromatic rings. The fraction of sp³-hybridized carbons (Fsp3) is 0.786. The SMILES string of the molecule is CCC1(C)NC(=O)N(CCCNC(=NC)NC2CC2)C1=O.I. The van der Waals surface area contributed by atoms with E-state index >= 15 is 0 Å². The number of nitrogens with zero attached hydrogens (tertiary/aromatic N) is 2. The van der Waals surface area contributed by atoms with Gasteiger partial charge in [0.15, 0.2) is 5.96 Å². The summed E-state index contributed by atoms with van der Waals surface area (Å²) >= 11 is 0. The van der Waals surface area contributed by atoms with Gasteiger partial charge in [-0.05, 0) is 32.6 Å². The van der Waals surface area contributed by atoms with Crippen LogP contribution in [0, 0.1) is 0 Å². The topological polar surface area (TPSA) is 85.8 Å². The second-order valence-electron chi connectivity index (χ2n) is 5.84. The summed E-state index contributed by atoms with van der Waals surface area (Å²) in [5.41, 5.74) is -0.742. The van der Waals surface area contributed by atoms with Crippen molar-refractivity contribution in [3.05, 3.63) is 0 Å². The zero-order valence-corrected chi connectivity index (χ0v) is 15.8. The van der Waals surface area contributed by atoms with E-state index in [0.717, 1.165) is 5.96 Å². The first-order valence-corrected chi connectivity index (χ1v) is 7.61. The van der Waals surface area contributed by atoms with Gasteiger partial charge in [-0.15, -0.1) is 24.0 Å². The largest absolute Gasteiger partial charge is 0.356 e. The quantitative estimate of drug-likeness (QED) is 0.196. The minimum Gasteiger partial charge on any atom is -0.356 e. The first-order valence-electron chi connectivity index (χ1n) is 7.61. The summed E-state index contributed by atoms with van der Waals surface area (Å²) in [6.07, 6.45) is 3.69. The molecule has 1 saturated carbocycles. The van der Waals surface area contributed by atoms with Gasteiger partial charge >= 0.3 is 6.03 Å². The van der Waals surface area contributed by atoms with Gasteiger partial charge in [0.2, 0.25) is 0 Å². The third-order valence-corrected chi connectivity index (χ3v) is 4.04. The monoisotopic (exact) mass is 423 g/mol. The van der Waals surface area contributed by atoms with Crippen LogP contribution in [-0.4, -0.2) is 54.5 Å². The first-order chi connectivity index (χ1) is 10.00. The molecule has 1 aliphatic heterocycles. The highest BCUT2D eigenvalue weighted by atomic mass is 127. The number of guanidine groups is 1. The van der Waals surface area contributed by atoms with Crippen molar-refractivity contribution in [2.45, 2.75) is 51.1 Å². The molecule has 0 aromatic carbocycles. The Balaban J connectivity index is 0.00000242. The number of nitrogens with one attached hydrogen (secondary N) is 3. The number of carbonyl (C=O) groups is 2. The lowest BCUT2D eigenvalue weighted by atomic mass is 9.99. The number of urea groups is 1. The normalized spacial score (nSPS) is 24.9. The average molecular weight is 423 g/mol. The first kappa shape index (κ1) is 19.0. The number of carbonyl (C=O) groups excluding carboxylic acids is 2. The van der Waals surface area contributed by atoms with Gasteiger partial charge in [-0.3, -0.25) is 14.7 Å². The summed E-state index contributed by atoms with van der Waals surface area (Å²) in [4.78, 5) is 29.5. The molecule has 0 spiro atoms. The highest BCUT2D eigenvalue weighted by molar-refractivity contribution is 14.0. The molecule has 1 atom stereocenters. The molecule has 0 radical (unpaired) electrons. The van der Waals surface area contributed by atoms with Gasteiger partial charge < -0.3 is 16.0 Å². The van der Waals surface area contributed by atoms with Crippen molar-refractivity contribution in [3.8, 4) is 0 Å². The van der Waals surface area contributed by atoms with Gasteiger partial charge in [0.1, 0.15) is 5.54 Å². The Kier molecular flexibility index (Phi) is 6.89. The number of imide groups is 1. The summed E-state index contributed by atoms with van der Waals surface area (Å²) in [6, 6.07) is 0.261. The fourth-order valence-corrected chi connectivity index (χ4v) is 2.25. The fourth-order valence-electron chi connectivity index (χ4n) is 2.25. The lowest BCUT2D eigenvalue weighted by Crippen LogP contribution is -2.43. The van der Waals surface area contributed by atoms with E-state index in [0.29, 0.717) is 32.0 Å². The molecule has 22 heavy (non-hydrogen) atoms. The van der Waals surface area contributed by atoms with E-state index < -0.39 is 5.54 Å². The Hall–Kier alpha value is -1.06. The third kappa shape index (κ3) is 4.47. The van der Waals surface area contributed by atoms with Gasteiger partial charge in [-0.1, -0.05) is 6.92 Å². The van der Waals surface area contributed by atoms with Gasteiger partial charge in [0, 0.05) is 26.2 Å². The van der Waals surface area contributed by atoms with Gasteiger partial charge in [-0.2, -0.15) is 0 Å². The van der Waals surface area contributed by atoms with Crippen LogP contribution >= 0.6 is 24.0 Å². The lowest BCUT2D eigenvalue weighted by molar-refractivity contribution is -0.130. The summed E-state index contributed by atoms with van der Waals surface area (Å²) in [5, 5.41) is 9.24. The van der Waals surface area contributed by atoms with Crippen LogP contribution in [-0.2, 0) is 4.79 Å². The van der Waals surface area contributed by atoms with Crippen LogP contribution in [0.5, 0.6) is 0 Å². The number of amides is 3. The number of hydrogen-bond acceptors (Lipinski definition) is 3. The molecular formula is C14H26IN5O2. The summed E-state index contributed by atoms with van der Waals surface area (Å²) < 4.78 is 0. The van der Waals surface area contributed by atoms with Crippen molar-refractivity contribution in [1.29, 1.82) is 0 Å². The molecule has 1 unspecified atom stereocenters. The predicted octanol–water partition coefficient (Wildman–Crippen LogP) is 1.04. The number of rotatable bonds is 6. The minimum atomic E-state index is -0.742. The molecule has 2 fully saturated rings. The van der Waals surface area contributed by atoms with Crippen LogP contribution in [0.2, 0.25) is 0 Å². The zero-order chi connectivity index (χ0) is 15.5. The zero-order valence-electron chi connectivity index (χ0n) is 13.4. The smallest absolute Gasteiger partial charge is 0.325 e. The molecule has 8 heteroatoms. The maximum atomic E-state index is 12.2. The molecule has 0 bridgehead atoms. The van der Waals surface area contributed by atoms with Crippen molar-refractivity contribution in [3.63, 3.8) is 0 Å². The number of aliphatic imine (C=N–C) groups is 1. The Bertz CT molecular complexity index is 453. The molecule has 1 saturated heterocycles. The van der Waals surface area contributed by atoms with E-state index in [4.69, 9.17) is 0 Å². The number of hydrogen-bond donors (Lipinski definition) is 3. The maximum Gasteiger partial charge on any atom is 0.325 e. The van der Waals surface area contributed by atoms with Crippen molar-refractivity contribution in [1.82, 2.24) is 20.9 Å². The molecule has 2 aliphatic rings. The van der Waals surface area contributed by atoms with E-state index in [1.165, 1.54) is 17.7 Å². The van der Waals surface area contributed by atoms with Gasteiger partial charge in [-0.25, -0.2) is 4.79 Å². The van der Waals surface area contributed by atoms with E-state index in [9.17, 15) is 9.59 Å². The van der Waals surface area contributed by atoms with Crippen molar-refractivity contribution in [2.24, 2.45) is 4.99 Å². The molecule has 7 nitrogen and oxygen atoms in total. The Labute approximate surface area is 148 Å². The molecule has 3 amide bonds. The Morgan fingerprint density at radius 1 is 1.45 bits per heavy atom. The van der Waals surface area contributed by atoms with Crippen LogP contribution in [0.25, 0.3) is 0 Å². The van der Waals surface area contributed by atoms with Crippen molar-refractivity contribution < 1.29 is 9.59 Å². The van der Waals surface area contributed by atoms with Crippen LogP contribution in [0.4, 0.5) is 4.79 Å². The van der Waals surface area contributed by atoms with Gasteiger partial charge in [0.05, 0.1) is 0 Å². The molecular weight excluding hydrogens is 397 g/mol. The van der Waals surface area contributed by atoms with Crippen LogP contribution in [0.1, 0.15) is 39.5 Å². The van der Waals surface area contributed by atoms with Crippen molar-refractivity contribution >= 4 is 41.9 Å². The Morgan fingerprint density at radius 3 is 2.64 bits per heavy atom. The highest BCUT2D eigenvalue weighted by Gasteiger charge is 2.45. The van der Waals surface area contributed by atoms with Crippen LogP contribution < -0.4 is 16.0 Å². The predicted molar refractivity (Wildman–Crippen MR) is 96.5 cm³/mol. The molecule has 1 aliphatic carbocycles. The summed E-state index contributed by atoms with van der Waals surface area (Å²) in [5.74, 6) is 0.656. The lowest BCUT2D eigenvalue weighted by Gasteiger charge is -2.19. The van der Waals surface area contributed by atoms with E-state index in [-0.39, 0.29) is 35.9 Å². The van der Waals surface area contributed by atoms with E-state index in [1.54, 1.807) is 14.0 Å². The highest BCUT2D eigenvalue weighted by Crippen LogP contribution is 2.20. The summed E-state index contributed by atoms with van der Waals surface area (Å²) in [7, 11) is 1.74. The Morgan fingerprint density at radius 2 is 2.14 bits per heavy atom. The maximum absolute atomic E-state index is 12.2. The van der Waals surface area contributed by atoms with E-state index in [1.807, 2.05) is 6.92 Å². The average Bonchev–Trinajstić information content (AvgIpc) is 3.25. The standard InChI is InChI=1S/C14H25N5O2.HI/c1-4-14(2)11(20)19(13(21)18-14)9-5-8-16-12(15-3)17-10-6-7-10;/h10H,4-9H2,1-3H3,(H,18,21)(H2,15,16,17);1H. The minimum absolute atomic E-state index is 0. The van der Waals surface area contributed by atoms with E-state index in [2.05, 4.69) is 20.9 Å². The van der Waals surface area contributed by atoms with Gasteiger partial charge in [0.25, 0.3) is 5.91 Å². The second-order valence-corrected chi connectivity index (χ2v) is 5.84. The molecule has 1 heterocycles.